The molecule has 0 radical (unpaired) electrons. The van der Waals surface area contributed by atoms with Crippen LogP contribution in [0.2, 0.25) is 0 Å². The Morgan fingerprint density at radius 2 is 1.93 bits per heavy atom. The van der Waals surface area contributed by atoms with Gasteiger partial charge < -0.3 is 9.80 Å². The molecular weight excluding hydrogens is 362 g/mol. The first-order chi connectivity index (χ1) is 13.0. The van der Waals surface area contributed by atoms with Crippen molar-refractivity contribution in [3.63, 3.8) is 0 Å². The SMILES string of the molecule is CC(C)n1cnc2cc(N3CCN(C(=O)c4cscn4)CC3)ccc2c1=O. The maximum Gasteiger partial charge on any atom is 0.273 e. The van der Waals surface area contributed by atoms with Gasteiger partial charge in [-0.15, -0.1) is 11.3 Å². The van der Waals surface area contributed by atoms with Crippen molar-refractivity contribution in [1.82, 2.24) is 19.4 Å². The van der Waals surface area contributed by atoms with Crippen LogP contribution in [0.25, 0.3) is 10.9 Å². The highest BCUT2D eigenvalue weighted by molar-refractivity contribution is 7.07. The lowest BCUT2D eigenvalue weighted by molar-refractivity contribution is 0.0741. The lowest BCUT2D eigenvalue weighted by Gasteiger charge is -2.35. The Labute approximate surface area is 160 Å². The van der Waals surface area contributed by atoms with Crippen molar-refractivity contribution < 1.29 is 4.79 Å². The number of carbonyl (C=O) groups excluding carboxylic acids is 1. The standard InChI is InChI=1S/C19H21N5O2S/c1-13(2)24-11-20-16-9-14(3-4-15(16)18(24)25)22-5-7-23(8-6-22)19(26)17-10-27-12-21-17/h3-4,9-13H,5-8H2,1-2H3. The number of aromatic nitrogens is 3. The highest BCUT2D eigenvalue weighted by atomic mass is 32.1. The van der Waals surface area contributed by atoms with Crippen LogP contribution in [0, 0.1) is 0 Å². The fraction of sp³-hybridized carbons (Fsp3) is 0.368. The van der Waals surface area contributed by atoms with Crippen molar-refractivity contribution in [2.24, 2.45) is 0 Å². The topological polar surface area (TPSA) is 71.3 Å². The second-order valence-electron chi connectivity index (χ2n) is 6.91. The Morgan fingerprint density at radius 1 is 1.15 bits per heavy atom. The summed E-state index contributed by atoms with van der Waals surface area (Å²) in [4.78, 5) is 37.6. The number of hydrogen-bond acceptors (Lipinski definition) is 6. The van der Waals surface area contributed by atoms with E-state index in [-0.39, 0.29) is 17.5 Å². The van der Waals surface area contributed by atoms with Crippen LogP contribution < -0.4 is 10.5 Å². The van der Waals surface area contributed by atoms with Gasteiger partial charge in [0.2, 0.25) is 0 Å². The van der Waals surface area contributed by atoms with Crippen LogP contribution in [-0.2, 0) is 0 Å². The van der Waals surface area contributed by atoms with Crippen LogP contribution >= 0.6 is 11.3 Å². The zero-order valence-electron chi connectivity index (χ0n) is 15.3. The minimum atomic E-state index is -0.0137. The summed E-state index contributed by atoms with van der Waals surface area (Å²) in [5, 5.41) is 2.42. The summed E-state index contributed by atoms with van der Waals surface area (Å²) in [5.74, 6) is -0.00897. The summed E-state index contributed by atoms with van der Waals surface area (Å²) < 4.78 is 1.64. The molecule has 1 aromatic carbocycles. The molecule has 1 fully saturated rings. The highest BCUT2D eigenvalue weighted by Crippen LogP contribution is 2.21. The van der Waals surface area contributed by atoms with Crippen LogP contribution in [0.4, 0.5) is 5.69 Å². The summed E-state index contributed by atoms with van der Waals surface area (Å²) in [6, 6.07) is 5.86. The number of amides is 1. The largest absolute Gasteiger partial charge is 0.368 e. The second kappa shape index (κ2) is 7.11. The van der Waals surface area contributed by atoms with Crippen molar-refractivity contribution in [2.45, 2.75) is 19.9 Å². The fourth-order valence-corrected chi connectivity index (χ4v) is 3.86. The Morgan fingerprint density at radius 3 is 2.59 bits per heavy atom. The maximum atomic E-state index is 12.5. The first-order valence-electron chi connectivity index (χ1n) is 8.98. The Kier molecular flexibility index (Phi) is 4.65. The molecule has 0 unspecified atom stereocenters. The summed E-state index contributed by atoms with van der Waals surface area (Å²) in [7, 11) is 0. The Hall–Kier alpha value is -2.74. The molecule has 1 saturated heterocycles. The predicted molar refractivity (Wildman–Crippen MR) is 107 cm³/mol. The molecule has 3 aromatic rings. The van der Waals surface area contributed by atoms with Crippen molar-refractivity contribution in [3.8, 4) is 0 Å². The predicted octanol–water partition coefficient (Wildman–Crippen LogP) is 2.40. The quantitative estimate of drug-likeness (QED) is 0.695. The molecule has 2 aromatic heterocycles. The average Bonchev–Trinajstić information content (AvgIpc) is 3.22. The Bertz CT molecular complexity index is 1020. The van der Waals surface area contributed by atoms with E-state index in [1.807, 2.05) is 36.9 Å². The van der Waals surface area contributed by atoms with Crippen molar-refractivity contribution in [3.05, 3.63) is 51.5 Å². The molecule has 0 N–H and O–H groups in total. The third kappa shape index (κ3) is 3.32. The molecule has 0 spiro atoms. The summed E-state index contributed by atoms with van der Waals surface area (Å²) in [6.45, 7) is 6.72. The van der Waals surface area contributed by atoms with E-state index in [1.165, 1.54) is 11.3 Å². The zero-order valence-corrected chi connectivity index (χ0v) is 16.1. The monoisotopic (exact) mass is 383 g/mol. The van der Waals surface area contributed by atoms with Crippen molar-refractivity contribution in [1.29, 1.82) is 0 Å². The fourth-order valence-electron chi connectivity index (χ4n) is 3.34. The van der Waals surface area contributed by atoms with Gasteiger partial charge in [-0.05, 0) is 32.0 Å². The molecule has 0 saturated carbocycles. The molecule has 140 valence electrons. The van der Waals surface area contributed by atoms with Crippen LogP contribution in [0.15, 0.2) is 40.2 Å². The number of anilines is 1. The lowest BCUT2D eigenvalue weighted by atomic mass is 10.2. The van der Waals surface area contributed by atoms with Gasteiger partial charge >= 0.3 is 0 Å². The molecule has 3 heterocycles. The van der Waals surface area contributed by atoms with Crippen LogP contribution in [0.1, 0.15) is 30.4 Å². The van der Waals surface area contributed by atoms with E-state index in [9.17, 15) is 9.59 Å². The molecular formula is C19H21N5O2S. The van der Waals surface area contributed by atoms with Gasteiger partial charge in [-0.2, -0.15) is 0 Å². The van der Waals surface area contributed by atoms with Crippen LogP contribution in [-0.4, -0.2) is 51.5 Å². The Balaban J connectivity index is 1.51. The van der Waals surface area contributed by atoms with E-state index in [1.54, 1.807) is 21.8 Å². The lowest BCUT2D eigenvalue weighted by Crippen LogP contribution is -2.48. The number of nitrogens with zero attached hydrogens (tertiary/aromatic N) is 5. The molecule has 27 heavy (non-hydrogen) atoms. The minimum absolute atomic E-state index is 0.00897. The van der Waals surface area contributed by atoms with Gasteiger partial charge in [0.15, 0.2) is 0 Å². The third-order valence-corrected chi connectivity index (χ3v) is 5.49. The van der Waals surface area contributed by atoms with E-state index in [4.69, 9.17) is 0 Å². The van der Waals surface area contributed by atoms with Gasteiger partial charge in [0.25, 0.3) is 11.5 Å². The van der Waals surface area contributed by atoms with Crippen molar-refractivity contribution in [2.75, 3.05) is 31.1 Å². The van der Waals surface area contributed by atoms with E-state index >= 15 is 0 Å². The van der Waals surface area contributed by atoms with E-state index in [2.05, 4.69) is 14.9 Å². The summed E-state index contributed by atoms with van der Waals surface area (Å²) >= 11 is 1.43. The normalized spacial score (nSPS) is 14.9. The second-order valence-corrected chi connectivity index (χ2v) is 7.62. The van der Waals surface area contributed by atoms with Crippen LogP contribution in [0.3, 0.4) is 0 Å². The molecule has 0 aliphatic carbocycles. The number of hydrogen-bond donors (Lipinski definition) is 0. The van der Waals surface area contributed by atoms with Gasteiger partial charge in [-0.25, -0.2) is 9.97 Å². The van der Waals surface area contributed by atoms with Gasteiger partial charge in [0, 0.05) is 43.3 Å². The summed E-state index contributed by atoms with van der Waals surface area (Å²) in [5.41, 5.74) is 3.91. The molecule has 8 heteroatoms. The highest BCUT2D eigenvalue weighted by Gasteiger charge is 2.23. The van der Waals surface area contributed by atoms with Crippen molar-refractivity contribution >= 4 is 33.8 Å². The smallest absolute Gasteiger partial charge is 0.273 e. The van der Waals surface area contributed by atoms with Gasteiger partial charge in [-0.1, -0.05) is 0 Å². The number of piperazine rings is 1. The molecule has 1 aliphatic rings. The van der Waals surface area contributed by atoms with Gasteiger partial charge in [0.1, 0.15) is 5.69 Å². The molecule has 4 rings (SSSR count). The first kappa shape index (κ1) is 17.7. The molecule has 0 bridgehead atoms. The first-order valence-corrected chi connectivity index (χ1v) is 9.92. The molecule has 0 atom stereocenters. The maximum absolute atomic E-state index is 12.5. The van der Waals surface area contributed by atoms with E-state index < -0.39 is 0 Å². The van der Waals surface area contributed by atoms with Crippen LogP contribution in [0.5, 0.6) is 0 Å². The number of fused-ring (bicyclic) bond motifs is 1. The number of thiazole rings is 1. The third-order valence-electron chi connectivity index (χ3n) is 4.91. The average molecular weight is 383 g/mol. The zero-order chi connectivity index (χ0) is 19.0. The van der Waals surface area contributed by atoms with E-state index in [0.29, 0.717) is 29.7 Å². The van der Waals surface area contributed by atoms with E-state index in [0.717, 1.165) is 18.8 Å². The minimum Gasteiger partial charge on any atom is -0.368 e. The number of carbonyl (C=O) groups is 1. The van der Waals surface area contributed by atoms with Gasteiger partial charge in [0.05, 0.1) is 22.7 Å². The van der Waals surface area contributed by atoms with Gasteiger partial charge in [-0.3, -0.25) is 14.2 Å². The molecule has 1 aliphatic heterocycles. The number of benzene rings is 1. The number of rotatable bonds is 3. The molecule has 7 nitrogen and oxygen atoms in total. The molecule has 1 amide bonds. The summed E-state index contributed by atoms with van der Waals surface area (Å²) in [6.07, 6.45) is 1.61.